The van der Waals surface area contributed by atoms with Crippen LogP contribution in [-0.4, -0.2) is 38.7 Å². The molecule has 4 aromatic rings. The predicted octanol–water partition coefficient (Wildman–Crippen LogP) is 4.98. The van der Waals surface area contributed by atoms with Crippen LogP contribution in [0.3, 0.4) is 0 Å². The third-order valence-electron chi connectivity index (χ3n) is 5.90. The van der Waals surface area contributed by atoms with Crippen molar-refractivity contribution < 1.29 is 4.74 Å². The van der Waals surface area contributed by atoms with E-state index in [1.165, 1.54) is 0 Å². The Kier molecular flexibility index (Phi) is 5.42. The molecule has 0 aliphatic carbocycles. The van der Waals surface area contributed by atoms with Crippen LogP contribution in [0.5, 0.6) is 5.75 Å². The van der Waals surface area contributed by atoms with Gasteiger partial charge in [-0.05, 0) is 47.7 Å². The van der Waals surface area contributed by atoms with Crippen molar-refractivity contribution in [2.45, 2.75) is 32.3 Å². The first-order valence-corrected chi connectivity index (χ1v) is 10.9. The van der Waals surface area contributed by atoms with E-state index in [-0.39, 0.29) is 6.10 Å². The van der Waals surface area contributed by atoms with Crippen molar-refractivity contribution in [2.75, 3.05) is 18.0 Å². The fraction of sp³-hybridized carbons (Fsp3) is 0.280. The van der Waals surface area contributed by atoms with Gasteiger partial charge in [0.1, 0.15) is 17.7 Å². The highest BCUT2D eigenvalue weighted by molar-refractivity contribution is 5.85. The number of aryl methyl sites for hydroxylation is 1. The number of hydrogen-bond acceptors (Lipinski definition) is 5. The average Bonchev–Trinajstić information content (AvgIpc) is 3.28. The fourth-order valence-electron chi connectivity index (χ4n) is 4.04. The molecule has 0 spiro atoms. The zero-order valence-electron chi connectivity index (χ0n) is 18.0. The van der Waals surface area contributed by atoms with Gasteiger partial charge in [-0.1, -0.05) is 13.0 Å². The summed E-state index contributed by atoms with van der Waals surface area (Å²) in [5.41, 5.74) is 2.83. The molecular weight excluding hydrogens is 400 g/mol. The molecule has 0 unspecified atom stereocenters. The van der Waals surface area contributed by atoms with E-state index in [1.807, 2.05) is 59.6 Å². The molecule has 4 heterocycles. The van der Waals surface area contributed by atoms with E-state index < -0.39 is 0 Å². The molecule has 0 radical (unpaired) electrons. The summed E-state index contributed by atoms with van der Waals surface area (Å²) in [6, 6.07) is 11.6. The van der Waals surface area contributed by atoms with Crippen LogP contribution in [0.2, 0.25) is 0 Å². The molecule has 0 bridgehead atoms. The van der Waals surface area contributed by atoms with Crippen molar-refractivity contribution in [1.29, 1.82) is 0 Å². The molecule has 7 heteroatoms. The Morgan fingerprint density at radius 1 is 1.03 bits per heavy atom. The second-order valence-electron chi connectivity index (χ2n) is 7.94. The zero-order valence-corrected chi connectivity index (χ0v) is 18.0. The van der Waals surface area contributed by atoms with Gasteiger partial charge in [0.2, 0.25) is 5.95 Å². The summed E-state index contributed by atoms with van der Waals surface area (Å²) in [6.45, 7) is 11.0. The Bertz CT molecular complexity index is 1250. The van der Waals surface area contributed by atoms with Crippen molar-refractivity contribution in [3.05, 3.63) is 78.2 Å². The predicted molar refractivity (Wildman–Crippen MR) is 125 cm³/mol. The smallest absolute Gasteiger partial charge is 0.225 e. The van der Waals surface area contributed by atoms with Crippen molar-refractivity contribution in [1.82, 2.24) is 19.5 Å². The molecule has 0 saturated carbocycles. The molecule has 0 N–H and O–H groups in total. The molecule has 160 valence electrons. The van der Waals surface area contributed by atoms with Crippen LogP contribution in [0, 0.1) is 6.57 Å². The number of benzene rings is 1. The normalized spacial score (nSPS) is 14.4. The van der Waals surface area contributed by atoms with Gasteiger partial charge in [0.25, 0.3) is 0 Å². The number of fused-ring (bicyclic) bond motifs is 1. The van der Waals surface area contributed by atoms with Crippen molar-refractivity contribution in [3.63, 3.8) is 0 Å². The van der Waals surface area contributed by atoms with Gasteiger partial charge < -0.3 is 14.2 Å². The number of rotatable bonds is 5. The van der Waals surface area contributed by atoms with Crippen molar-refractivity contribution in [3.8, 4) is 11.6 Å². The molecule has 32 heavy (non-hydrogen) atoms. The second-order valence-corrected chi connectivity index (χ2v) is 7.94. The maximum atomic E-state index is 7.17. The van der Waals surface area contributed by atoms with E-state index >= 15 is 0 Å². The molecule has 1 aromatic carbocycles. The fourth-order valence-corrected chi connectivity index (χ4v) is 4.04. The molecule has 5 rings (SSSR count). The Balaban J connectivity index is 1.22. The number of piperidine rings is 1. The molecule has 0 atom stereocenters. The molecule has 1 fully saturated rings. The number of aromatic nitrogens is 4. The Hall–Kier alpha value is -3.92. The highest BCUT2D eigenvalue weighted by atomic mass is 16.5. The first kappa shape index (κ1) is 20.0. The zero-order chi connectivity index (χ0) is 21.9. The number of pyridine rings is 1. The second kappa shape index (κ2) is 8.67. The molecule has 1 aliphatic rings. The van der Waals surface area contributed by atoms with Crippen LogP contribution in [-0.2, 0) is 6.42 Å². The van der Waals surface area contributed by atoms with Gasteiger partial charge in [-0.3, -0.25) is 0 Å². The quantitative estimate of drug-likeness (QED) is 0.423. The van der Waals surface area contributed by atoms with Gasteiger partial charge in [0, 0.05) is 44.5 Å². The average molecular weight is 425 g/mol. The third kappa shape index (κ3) is 4.00. The van der Waals surface area contributed by atoms with E-state index in [4.69, 9.17) is 11.3 Å². The number of nitrogens with zero attached hydrogens (tertiary/aromatic N) is 6. The molecule has 0 amide bonds. The minimum Gasteiger partial charge on any atom is -0.489 e. The first-order chi connectivity index (χ1) is 15.7. The van der Waals surface area contributed by atoms with Gasteiger partial charge in [-0.2, -0.15) is 0 Å². The Morgan fingerprint density at radius 3 is 2.53 bits per heavy atom. The van der Waals surface area contributed by atoms with Gasteiger partial charge in [-0.25, -0.2) is 19.8 Å². The van der Waals surface area contributed by atoms with Crippen molar-refractivity contribution >= 4 is 22.5 Å². The maximum absolute atomic E-state index is 7.17. The SMILES string of the molecule is [C-]#[N+]c1ccc2c(ccn2-c2ccc(OC3CCN(c4ncc(CC)cn4)CC3)cn2)c1. The summed E-state index contributed by atoms with van der Waals surface area (Å²) in [4.78, 5) is 19.3. The largest absolute Gasteiger partial charge is 0.489 e. The van der Waals surface area contributed by atoms with E-state index in [9.17, 15) is 0 Å². The van der Waals surface area contributed by atoms with Crippen LogP contribution < -0.4 is 9.64 Å². The van der Waals surface area contributed by atoms with Gasteiger partial charge in [0.05, 0.1) is 18.3 Å². The van der Waals surface area contributed by atoms with Crippen LogP contribution in [0.25, 0.3) is 21.6 Å². The van der Waals surface area contributed by atoms with Crippen LogP contribution >= 0.6 is 0 Å². The molecular formula is C25H24N6O. The summed E-state index contributed by atoms with van der Waals surface area (Å²) in [5, 5.41) is 1.03. The first-order valence-electron chi connectivity index (χ1n) is 10.9. The lowest BCUT2D eigenvalue weighted by Gasteiger charge is -2.32. The highest BCUT2D eigenvalue weighted by Crippen LogP contribution is 2.26. The van der Waals surface area contributed by atoms with Crippen molar-refractivity contribution in [2.24, 2.45) is 0 Å². The van der Waals surface area contributed by atoms with E-state index in [0.29, 0.717) is 5.69 Å². The van der Waals surface area contributed by atoms with Crippen LogP contribution in [0.15, 0.2) is 61.2 Å². The Labute approximate surface area is 187 Å². The third-order valence-corrected chi connectivity index (χ3v) is 5.90. The van der Waals surface area contributed by atoms with Gasteiger partial charge in [-0.15, -0.1) is 0 Å². The summed E-state index contributed by atoms with van der Waals surface area (Å²) in [5.74, 6) is 2.40. The van der Waals surface area contributed by atoms with Gasteiger partial charge >= 0.3 is 0 Å². The van der Waals surface area contributed by atoms with E-state index in [1.54, 1.807) is 6.20 Å². The monoisotopic (exact) mass is 424 g/mol. The minimum atomic E-state index is 0.160. The summed E-state index contributed by atoms with van der Waals surface area (Å²) in [7, 11) is 0. The summed E-state index contributed by atoms with van der Waals surface area (Å²) < 4.78 is 8.22. The number of hydrogen-bond donors (Lipinski definition) is 0. The molecule has 1 saturated heterocycles. The van der Waals surface area contributed by atoms with Gasteiger partial charge in [0.15, 0.2) is 5.69 Å². The lowest BCUT2D eigenvalue weighted by molar-refractivity contribution is 0.170. The Morgan fingerprint density at radius 2 is 1.84 bits per heavy atom. The number of anilines is 1. The topological polar surface area (TPSA) is 60.4 Å². The summed E-state index contributed by atoms with van der Waals surface area (Å²) in [6.07, 6.45) is 10.5. The highest BCUT2D eigenvalue weighted by Gasteiger charge is 2.22. The number of ether oxygens (including phenoxy) is 1. The molecule has 3 aromatic heterocycles. The summed E-state index contributed by atoms with van der Waals surface area (Å²) >= 11 is 0. The molecule has 1 aliphatic heterocycles. The van der Waals surface area contributed by atoms with E-state index in [0.717, 1.165) is 66.3 Å². The lowest BCUT2D eigenvalue weighted by atomic mass is 10.1. The van der Waals surface area contributed by atoms with Crippen LogP contribution in [0.1, 0.15) is 25.3 Å². The molecule has 7 nitrogen and oxygen atoms in total. The lowest BCUT2D eigenvalue weighted by Crippen LogP contribution is -2.39. The van der Waals surface area contributed by atoms with E-state index in [2.05, 4.69) is 31.6 Å². The standard InChI is InChI=1S/C25H24N6O/c1-3-18-15-28-25(29-16-18)30-11-9-21(10-12-30)32-22-5-7-24(27-17-22)31-13-8-19-14-20(26-2)4-6-23(19)31/h4-8,13-17,21H,3,9-12H2,1H3. The minimum absolute atomic E-state index is 0.160. The maximum Gasteiger partial charge on any atom is 0.225 e. The van der Waals surface area contributed by atoms with Crippen LogP contribution in [0.4, 0.5) is 11.6 Å².